The topological polar surface area (TPSA) is 59.4 Å². The van der Waals surface area contributed by atoms with Crippen LogP contribution in [-0.4, -0.2) is 16.1 Å². The first-order chi connectivity index (χ1) is 9.74. The van der Waals surface area contributed by atoms with Gasteiger partial charge in [0.1, 0.15) is 5.75 Å². The summed E-state index contributed by atoms with van der Waals surface area (Å²) in [5, 5.41) is 9.89. The Bertz CT molecular complexity index is 769. The van der Waals surface area contributed by atoms with Crippen LogP contribution in [0.15, 0.2) is 60.7 Å². The summed E-state index contributed by atoms with van der Waals surface area (Å²) in [6.07, 6.45) is 0. The summed E-state index contributed by atoms with van der Waals surface area (Å²) in [6, 6.07) is 17.7. The number of pyridine rings is 1. The maximum atomic E-state index is 11.3. The van der Waals surface area contributed by atoms with Gasteiger partial charge in [-0.25, -0.2) is 9.78 Å². The minimum Gasteiger partial charge on any atom is -0.478 e. The zero-order valence-corrected chi connectivity index (χ0v) is 10.5. The third-order valence-corrected chi connectivity index (χ3v) is 2.89. The molecule has 0 radical (unpaired) electrons. The Morgan fingerprint density at radius 1 is 1.00 bits per heavy atom. The fourth-order valence-corrected chi connectivity index (χ4v) is 1.99. The molecule has 0 saturated carbocycles. The van der Waals surface area contributed by atoms with E-state index in [1.165, 1.54) is 6.07 Å². The van der Waals surface area contributed by atoms with Crippen LogP contribution in [0.2, 0.25) is 0 Å². The summed E-state index contributed by atoms with van der Waals surface area (Å²) in [4.78, 5) is 15.7. The molecule has 98 valence electrons. The fraction of sp³-hybridized carbons (Fsp3) is 0. The molecule has 1 aromatic heterocycles. The van der Waals surface area contributed by atoms with Crippen molar-refractivity contribution in [2.45, 2.75) is 0 Å². The summed E-state index contributed by atoms with van der Waals surface area (Å²) in [5.74, 6) is -0.111. The molecule has 0 unspecified atom stereocenters. The number of nitrogens with zero attached hydrogens (tertiary/aromatic N) is 1. The molecule has 0 amide bonds. The normalized spacial score (nSPS) is 10.4. The van der Waals surface area contributed by atoms with Gasteiger partial charge in [0, 0.05) is 11.5 Å². The molecule has 0 aliphatic rings. The number of aromatic nitrogens is 1. The van der Waals surface area contributed by atoms with Gasteiger partial charge in [-0.05, 0) is 18.2 Å². The number of hydrogen-bond acceptors (Lipinski definition) is 3. The number of rotatable bonds is 3. The Kier molecular flexibility index (Phi) is 3.05. The smallest absolute Gasteiger partial charge is 0.336 e. The van der Waals surface area contributed by atoms with E-state index in [4.69, 9.17) is 4.74 Å². The van der Waals surface area contributed by atoms with Crippen LogP contribution in [0.25, 0.3) is 10.9 Å². The largest absolute Gasteiger partial charge is 0.478 e. The molecular weight excluding hydrogens is 254 g/mol. The van der Waals surface area contributed by atoms with E-state index in [1.54, 1.807) is 30.3 Å². The van der Waals surface area contributed by atoms with Gasteiger partial charge >= 0.3 is 5.97 Å². The van der Waals surface area contributed by atoms with Crippen LogP contribution in [0.5, 0.6) is 11.6 Å². The molecule has 3 rings (SSSR count). The number of para-hydroxylation sites is 2. The highest BCUT2D eigenvalue weighted by Gasteiger charge is 2.12. The fourth-order valence-electron chi connectivity index (χ4n) is 1.99. The van der Waals surface area contributed by atoms with E-state index in [0.29, 0.717) is 16.7 Å². The molecule has 0 atom stereocenters. The number of hydrogen-bond donors (Lipinski definition) is 1. The third kappa shape index (κ3) is 2.31. The Hall–Kier alpha value is -2.88. The minimum atomic E-state index is -0.999. The maximum Gasteiger partial charge on any atom is 0.336 e. The average molecular weight is 265 g/mol. The zero-order valence-electron chi connectivity index (χ0n) is 10.5. The van der Waals surface area contributed by atoms with Crippen molar-refractivity contribution in [3.8, 4) is 11.6 Å². The van der Waals surface area contributed by atoms with Crippen LogP contribution in [0.3, 0.4) is 0 Å². The van der Waals surface area contributed by atoms with Crippen LogP contribution >= 0.6 is 0 Å². The molecule has 2 aromatic carbocycles. The van der Waals surface area contributed by atoms with Gasteiger partial charge < -0.3 is 9.84 Å². The van der Waals surface area contributed by atoms with E-state index < -0.39 is 5.97 Å². The van der Waals surface area contributed by atoms with Crippen molar-refractivity contribution < 1.29 is 14.6 Å². The van der Waals surface area contributed by atoms with Gasteiger partial charge in [0.2, 0.25) is 5.88 Å². The molecule has 0 bridgehead atoms. The molecule has 0 fully saturated rings. The van der Waals surface area contributed by atoms with Crippen molar-refractivity contribution in [2.75, 3.05) is 0 Å². The number of aromatic carboxylic acids is 1. The monoisotopic (exact) mass is 265 g/mol. The first kappa shape index (κ1) is 12.2. The lowest BCUT2D eigenvalue weighted by molar-refractivity contribution is 0.0698. The van der Waals surface area contributed by atoms with Crippen LogP contribution < -0.4 is 4.74 Å². The van der Waals surface area contributed by atoms with Gasteiger partial charge in [0.05, 0.1) is 11.1 Å². The second kappa shape index (κ2) is 5.01. The Morgan fingerprint density at radius 2 is 1.70 bits per heavy atom. The molecule has 0 aliphatic heterocycles. The number of ether oxygens (including phenoxy) is 1. The summed E-state index contributed by atoms with van der Waals surface area (Å²) in [5.41, 5.74) is 0.778. The quantitative estimate of drug-likeness (QED) is 0.784. The highest BCUT2D eigenvalue weighted by Crippen LogP contribution is 2.25. The Balaban J connectivity index is 2.10. The first-order valence-corrected chi connectivity index (χ1v) is 6.10. The second-order valence-electron chi connectivity index (χ2n) is 4.25. The molecule has 4 heteroatoms. The number of carboxylic acid groups (broad SMARTS) is 1. The SMILES string of the molecule is O=C(O)c1cc(Oc2ccccc2)nc2ccccc12. The molecular formula is C16H11NO3. The van der Waals surface area contributed by atoms with E-state index in [2.05, 4.69) is 4.98 Å². The lowest BCUT2D eigenvalue weighted by Gasteiger charge is -2.08. The highest BCUT2D eigenvalue weighted by molar-refractivity contribution is 6.02. The summed E-state index contributed by atoms with van der Waals surface area (Å²) < 4.78 is 5.60. The highest BCUT2D eigenvalue weighted by atomic mass is 16.5. The maximum absolute atomic E-state index is 11.3. The van der Waals surface area contributed by atoms with Crippen molar-refractivity contribution in [3.63, 3.8) is 0 Å². The van der Waals surface area contributed by atoms with Gasteiger partial charge in [-0.2, -0.15) is 0 Å². The van der Waals surface area contributed by atoms with Crippen LogP contribution in [0.4, 0.5) is 0 Å². The number of benzene rings is 2. The summed E-state index contributed by atoms with van der Waals surface area (Å²) in [6.45, 7) is 0. The average Bonchev–Trinajstić information content (AvgIpc) is 2.47. The zero-order chi connectivity index (χ0) is 13.9. The van der Waals surface area contributed by atoms with E-state index in [0.717, 1.165) is 0 Å². The molecule has 0 aliphatic carbocycles. The van der Waals surface area contributed by atoms with E-state index in [9.17, 15) is 9.90 Å². The molecule has 0 saturated heterocycles. The lowest BCUT2D eigenvalue weighted by atomic mass is 10.1. The molecule has 3 aromatic rings. The van der Waals surface area contributed by atoms with Crippen LogP contribution in [-0.2, 0) is 0 Å². The Labute approximate surface area is 115 Å². The van der Waals surface area contributed by atoms with Crippen molar-refractivity contribution >= 4 is 16.9 Å². The first-order valence-electron chi connectivity index (χ1n) is 6.10. The van der Waals surface area contributed by atoms with Crippen molar-refractivity contribution in [2.24, 2.45) is 0 Å². The second-order valence-corrected chi connectivity index (χ2v) is 4.25. The molecule has 0 spiro atoms. The lowest BCUT2D eigenvalue weighted by Crippen LogP contribution is -2.00. The van der Waals surface area contributed by atoms with E-state index in [1.807, 2.05) is 24.3 Å². The predicted molar refractivity (Wildman–Crippen MR) is 75.2 cm³/mol. The van der Waals surface area contributed by atoms with E-state index >= 15 is 0 Å². The molecule has 20 heavy (non-hydrogen) atoms. The number of fused-ring (bicyclic) bond motifs is 1. The summed E-state index contributed by atoms with van der Waals surface area (Å²) >= 11 is 0. The Morgan fingerprint density at radius 3 is 2.45 bits per heavy atom. The van der Waals surface area contributed by atoms with Crippen molar-refractivity contribution in [1.29, 1.82) is 0 Å². The third-order valence-electron chi connectivity index (χ3n) is 2.89. The van der Waals surface area contributed by atoms with Crippen LogP contribution in [0, 0.1) is 0 Å². The van der Waals surface area contributed by atoms with Gasteiger partial charge in [0.15, 0.2) is 0 Å². The van der Waals surface area contributed by atoms with Gasteiger partial charge in [-0.1, -0.05) is 36.4 Å². The predicted octanol–water partition coefficient (Wildman–Crippen LogP) is 3.73. The minimum absolute atomic E-state index is 0.182. The van der Waals surface area contributed by atoms with Crippen LogP contribution in [0.1, 0.15) is 10.4 Å². The standard InChI is InChI=1S/C16H11NO3/c18-16(19)13-10-15(20-11-6-2-1-3-7-11)17-14-9-5-4-8-12(13)14/h1-10H,(H,18,19). The van der Waals surface area contributed by atoms with Crippen molar-refractivity contribution in [1.82, 2.24) is 4.98 Å². The van der Waals surface area contributed by atoms with Gasteiger partial charge in [-0.15, -0.1) is 0 Å². The molecule has 1 N–H and O–H groups in total. The van der Waals surface area contributed by atoms with Gasteiger partial charge in [-0.3, -0.25) is 0 Å². The number of carboxylic acids is 1. The number of carbonyl (C=O) groups is 1. The van der Waals surface area contributed by atoms with E-state index in [-0.39, 0.29) is 11.4 Å². The summed E-state index contributed by atoms with van der Waals surface area (Å²) in [7, 11) is 0. The van der Waals surface area contributed by atoms with Gasteiger partial charge in [0.25, 0.3) is 0 Å². The van der Waals surface area contributed by atoms with Crippen molar-refractivity contribution in [3.05, 3.63) is 66.2 Å². The molecule has 4 nitrogen and oxygen atoms in total. The molecule has 1 heterocycles.